The number of amides is 1. The number of carbonyl (C=O) groups excluding carboxylic acids is 2. The number of allylic oxidation sites excluding steroid dienone is 1. The number of thiophene rings is 1. The molecule has 0 spiro atoms. The van der Waals surface area contributed by atoms with Gasteiger partial charge in [-0.2, -0.15) is 11.3 Å². The molecule has 160 valence electrons. The number of esters is 1. The van der Waals surface area contributed by atoms with Crippen LogP contribution in [0.15, 0.2) is 62.4 Å². The summed E-state index contributed by atoms with van der Waals surface area (Å²) in [5, 5.41) is 9.66. The van der Waals surface area contributed by atoms with Gasteiger partial charge in [-0.1, -0.05) is 17.8 Å². The first-order valence-electron chi connectivity index (χ1n) is 9.81. The van der Waals surface area contributed by atoms with E-state index < -0.39 is 5.97 Å². The second-order valence-corrected chi connectivity index (χ2v) is 9.08. The van der Waals surface area contributed by atoms with E-state index in [1.165, 1.54) is 24.4 Å². The number of rotatable bonds is 5. The third-order valence-corrected chi connectivity index (χ3v) is 6.99. The first-order valence-corrected chi connectivity index (χ1v) is 11.6. The number of benzene rings is 1. The minimum Gasteiger partial charge on any atom is -0.466 e. The molecule has 4 rings (SSSR count). The van der Waals surface area contributed by atoms with E-state index in [1.54, 1.807) is 11.3 Å². The molecule has 1 aromatic carbocycles. The molecule has 0 saturated carbocycles. The van der Waals surface area contributed by atoms with E-state index in [2.05, 4.69) is 10.3 Å². The zero-order valence-corrected chi connectivity index (χ0v) is 19.4. The number of methoxy groups -OCH3 is 1. The number of amidine groups is 1. The van der Waals surface area contributed by atoms with Crippen molar-refractivity contribution >= 4 is 45.8 Å². The molecule has 0 saturated heterocycles. The maximum atomic E-state index is 12.8. The molecular weight excluding hydrogens is 430 g/mol. The highest BCUT2D eigenvalue weighted by Gasteiger charge is 2.41. The summed E-state index contributed by atoms with van der Waals surface area (Å²) in [6, 6.07) is 7.48. The van der Waals surface area contributed by atoms with Gasteiger partial charge in [0.25, 0.3) is 0 Å². The van der Waals surface area contributed by atoms with E-state index in [0.29, 0.717) is 11.3 Å². The Kier molecular flexibility index (Phi) is 6.02. The van der Waals surface area contributed by atoms with Crippen molar-refractivity contribution in [2.24, 2.45) is 4.99 Å². The summed E-state index contributed by atoms with van der Waals surface area (Å²) < 4.78 is 5.06. The van der Waals surface area contributed by atoms with Crippen molar-refractivity contribution in [2.45, 2.75) is 33.2 Å². The first-order chi connectivity index (χ1) is 14.9. The zero-order chi connectivity index (χ0) is 22.1. The SMILES string of the molecule is COC(=O)C1=C(C)N=C2SC=C(CC(=O)Nc3ccc(C)c(C)c3)N2[C@@H]1c1ccsc1. The molecule has 8 heteroatoms. The Hall–Kier alpha value is -2.84. The van der Waals surface area contributed by atoms with Crippen molar-refractivity contribution in [1.82, 2.24) is 4.90 Å². The van der Waals surface area contributed by atoms with Crippen LogP contribution in [0.25, 0.3) is 0 Å². The number of nitrogens with zero attached hydrogens (tertiary/aromatic N) is 2. The Labute approximate surface area is 189 Å². The minimum atomic E-state index is -0.410. The zero-order valence-electron chi connectivity index (χ0n) is 17.8. The molecular formula is C23H23N3O3S2. The lowest BCUT2D eigenvalue weighted by Crippen LogP contribution is -2.37. The standard InChI is InChI=1S/C23H23N3O3S2/c1-13-5-6-17(9-14(13)2)25-19(27)10-18-12-31-23-24-15(3)20(22(28)29-4)21(26(18)23)16-7-8-30-11-16/h5-9,11-12,21H,10H2,1-4H3,(H,25,27)/t21-/m1/s1. The van der Waals surface area contributed by atoms with Crippen molar-refractivity contribution in [3.63, 3.8) is 0 Å². The molecule has 2 aliphatic heterocycles. The molecule has 0 unspecified atom stereocenters. The highest BCUT2D eigenvalue weighted by molar-refractivity contribution is 8.16. The van der Waals surface area contributed by atoms with Crippen molar-refractivity contribution in [3.8, 4) is 0 Å². The molecule has 0 aliphatic carbocycles. The molecule has 1 atom stereocenters. The fourth-order valence-corrected chi connectivity index (χ4v) is 5.32. The van der Waals surface area contributed by atoms with Crippen LogP contribution in [0.3, 0.4) is 0 Å². The lowest BCUT2D eigenvalue weighted by atomic mass is 9.96. The number of thioether (sulfide) groups is 1. The number of hydrogen-bond donors (Lipinski definition) is 1. The summed E-state index contributed by atoms with van der Waals surface area (Å²) in [7, 11) is 1.37. The highest BCUT2D eigenvalue weighted by atomic mass is 32.2. The average molecular weight is 454 g/mol. The van der Waals surface area contributed by atoms with Crippen LogP contribution in [0.2, 0.25) is 0 Å². The fourth-order valence-electron chi connectivity index (χ4n) is 3.68. The minimum absolute atomic E-state index is 0.119. The molecule has 2 aliphatic rings. The Balaban J connectivity index is 1.61. The Morgan fingerprint density at radius 1 is 1.19 bits per heavy atom. The lowest BCUT2D eigenvalue weighted by Gasteiger charge is -2.35. The van der Waals surface area contributed by atoms with Gasteiger partial charge in [0.2, 0.25) is 5.91 Å². The van der Waals surface area contributed by atoms with Gasteiger partial charge in [0.1, 0.15) is 0 Å². The Bertz CT molecular complexity index is 1130. The van der Waals surface area contributed by atoms with Gasteiger partial charge < -0.3 is 15.0 Å². The average Bonchev–Trinajstić information content (AvgIpc) is 3.40. The quantitative estimate of drug-likeness (QED) is 0.635. The van der Waals surface area contributed by atoms with Crippen LogP contribution in [0.4, 0.5) is 5.69 Å². The number of hydrogen-bond acceptors (Lipinski definition) is 7. The van der Waals surface area contributed by atoms with E-state index in [1.807, 2.05) is 66.1 Å². The van der Waals surface area contributed by atoms with Gasteiger partial charge in [0, 0.05) is 11.4 Å². The summed E-state index contributed by atoms with van der Waals surface area (Å²) in [4.78, 5) is 32.1. The third-order valence-electron chi connectivity index (χ3n) is 5.40. The van der Waals surface area contributed by atoms with E-state index in [9.17, 15) is 9.59 Å². The van der Waals surface area contributed by atoms with Crippen LogP contribution in [0, 0.1) is 13.8 Å². The number of aryl methyl sites for hydroxylation is 2. The van der Waals surface area contributed by atoms with Gasteiger partial charge in [-0.25, -0.2) is 9.79 Å². The van der Waals surface area contributed by atoms with Crippen LogP contribution in [-0.4, -0.2) is 29.1 Å². The second kappa shape index (κ2) is 8.72. The predicted octanol–water partition coefficient (Wildman–Crippen LogP) is 5.14. The maximum Gasteiger partial charge on any atom is 0.338 e. The number of carbonyl (C=O) groups is 2. The first kappa shape index (κ1) is 21.4. The van der Waals surface area contributed by atoms with Crippen LogP contribution in [0.1, 0.15) is 36.1 Å². The third kappa shape index (κ3) is 4.18. The molecule has 6 nitrogen and oxygen atoms in total. The fraction of sp³-hybridized carbons (Fsp3) is 0.261. The van der Waals surface area contributed by atoms with Crippen LogP contribution in [-0.2, 0) is 14.3 Å². The molecule has 3 heterocycles. The summed E-state index contributed by atoms with van der Waals surface area (Å²) in [5.41, 5.74) is 5.98. The second-order valence-electron chi connectivity index (χ2n) is 7.47. The molecule has 1 amide bonds. The summed E-state index contributed by atoms with van der Waals surface area (Å²) in [6.07, 6.45) is 0.174. The predicted molar refractivity (Wildman–Crippen MR) is 126 cm³/mol. The number of aliphatic imine (C=N–C) groups is 1. The molecule has 0 fully saturated rings. The van der Waals surface area contributed by atoms with E-state index in [0.717, 1.165) is 27.7 Å². The Morgan fingerprint density at radius 3 is 2.68 bits per heavy atom. The maximum absolute atomic E-state index is 12.8. The molecule has 31 heavy (non-hydrogen) atoms. The normalized spacial score (nSPS) is 17.8. The number of fused-ring (bicyclic) bond motifs is 1. The van der Waals surface area contributed by atoms with Gasteiger partial charge in [-0.15, -0.1) is 0 Å². The summed E-state index contributed by atoms with van der Waals surface area (Å²) in [6.45, 7) is 5.88. The monoisotopic (exact) mass is 453 g/mol. The van der Waals surface area contributed by atoms with Crippen LogP contribution >= 0.6 is 23.1 Å². The van der Waals surface area contributed by atoms with Gasteiger partial charge >= 0.3 is 5.97 Å². The lowest BCUT2D eigenvalue weighted by molar-refractivity contribution is -0.136. The number of anilines is 1. The summed E-state index contributed by atoms with van der Waals surface area (Å²) in [5.74, 6) is -0.529. The Morgan fingerprint density at radius 2 is 2.00 bits per heavy atom. The van der Waals surface area contributed by atoms with Crippen molar-refractivity contribution < 1.29 is 14.3 Å². The molecule has 1 aromatic heterocycles. The molecule has 0 radical (unpaired) electrons. The smallest absolute Gasteiger partial charge is 0.338 e. The van der Waals surface area contributed by atoms with E-state index in [4.69, 9.17) is 4.74 Å². The highest BCUT2D eigenvalue weighted by Crippen LogP contribution is 2.45. The van der Waals surface area contributed by atoms with Gasteiger partial charge in [0.05, 0.1) is 30.8 Å². The van der Waals surface area contributed by atoms with Crippen molar-refractivity contribution in [2.75, 3.05) is 12.4 Å². The van der Waals surface area contributed by atoms with Crippen LogP contribution < -0.4 is 5.32 Å². The van der Waals surface area contributed by atoms with Crippen molar-refractivity contribution in [1.29, 1.82) is 0 Å². The van der Waals surface area contributed by atoms with E-state index in [-0.39, 0.29) is 18.4 Å². The summed E-state index contributed by atoms with van der Waals surface area (Å²) >= 11 is 3.03. The van der Waals surface area contributed by atoms with Gasteiger partial charge in [-0.3, -0.25) is 4.79 Å². The van der Waals surface area contributed by atoms with Crippen molar-refractivity contribution in [3.05, 3.63) is 74.1 Å². The van der Waals surface area contributed by atoms with Gasteiger partial charge in [-0.05, 0) is 71.8 Å². The largest absolute Gasteiger partial charge is 0.466 e. The number of nitrogens with one attached hydrogen (secondary N) is 1. The molecule has 2 aromatic rings. The topological polar surface area (TPSA) is 71.0 Å². The van der Waals surface area contributed by atoms with Crippen LogP contribution in [0.5, 0.6) is 0 Å². The molecule has 0 bridgehead atoms. The van der Waals surface area contributed by atoms with Gasteiger partial charge in [0.15, 0.2) is 5.17 Å². The number of ether oxygens (including phenoxy) is 1. The molecule has 1 N–H and O–H groups in total. The van der Waals surface area contributed by atoms with E-state index >= 15 is 0 Å².